The normalized spacial score (nSPS) is 17.0. The number of ether oxygens (including phenoxy) is 2. The maximum atomic E-state index is 6.63. The third-order valence-corrected chi connectivity index (χ3v) is 8.64. The van der Waals surface area contributed by atoms with Gasteiger partial charge in [0.2, 0.25) is 0 Å². The van der Waals surface area contributed by atoms with Crippen LogP contribution in [0.4, 0.5) is 0 Å². The van der Waals surface area contributed by atoms with Crippen LogP contribution in [0, 0.1) is 0 Å². The molecule has 1 atom stereocenters. The van der Waals surface area contributed by atoms with E-state index in [9.17, 15) is 0 Å². The molecule has 4 heteroatoms. The average molecular weight is 529 g/mol. The smallest absolute Gasteiger partial charge is 0.161 e. The maximum absolute atomic E-state index is 6.63. The Balaban J connectivity index is 1.50. The van der Waals surface area contributed by atoms with Crippen LogP contribution in [0.25, 0.3) is 0 Å². The molecule has 1 aliphatic rings. The fraction of sp³-hybridized carbons (Fsp3) is 0.636. The molecule has 0 aliphatic carbocycles. The lowest BCUT2D eigenvalue weighted by atomic mass is 9.95. The highest BCUT2D eigenvalue weighted by molar-refractivity contribution is 6.31. The van der Waals surface area contributed by atoms with Crippen molar-refractivity contribution in [1.82, 2.24) is 0 Å². The minimum Gasteiger partial charge on any atom is -0.493 e. The molecule has 0 spiro atoms. The molecule has 0 aromatic heterocycles. The molecule has 0 saturated heterocycles. The van der Waals surface area contributed by atoms with Gasteiger partial charge < -0.3 is 14.0 Å². The number of hydrogen-bond acceptors (Lipinski definition) is 2. The number of nitrogens with zero attached hydrogens (tertiary/aromatic N) is 1. The summed E-state index contributed by atoms with van der Waals surface area (Å²) in [6.07, 6.45) is 19.2. The Morgan fingerprint density at radius 2 is 1.27 bits per heavy atom. The van der Waals surface area contributed by atoms with E-state index >= 15 is 0 Å². The molecule has 0 N–H and O–H groups in total. The molecular weight excluding hydrogens is 478 g/mol. The Hall–Kier alpha value is -1.71. The van der Waals surface area contributed by atoms with Crippen molar-refractivity contribution in [1.29, 1.82) is 0 Å². The first-order valence-electron chi connectivity index (χ1n) is 14.9. The number of methoxy groups -OCH3 is 2. The third kappa shape index (κ3) is 9.52. The molecule has 0 radical (unpaired) electrons. The van der Waals surface area contributed by atoms with Gasteiger partial charge >= 0.3 is 0 Å². The van der Waals surface area contributed by atoms with Crippen molar-refractivity contribution in [2.24, 2.45) is 0 Å². The zero-order valence-corrected chi connectivity index (χ0v) is 24.6. The first kappa shape index (κ1) is 29.8. The van der Waals surface area contributed by atoms with Gasteiger partial charge in [-0.25, -0.2) is 0 Å². The molecule has 2 aromatic carbocycles. The van der Waals surface area contributed by atoms with Crippen LogP contribution in [0.2, 0.25) is 5.02 Å². The first-order valence-corrected chi connectivity index (χ1v) is 15.3. The van der Waals surface area contributed by atoms with E-state index in [0.29, 0.717) is 0 Å². The summed E-state index contributed by atoms with van der Waals surface area (Å²) in [5.41, 5.74) is 4.06. The van der Waals surface area contributed by atoms with E-state index < -0.39 is 0 Å². The Labute approximate surface area is 232 Å². The van der Waals surface area contributed by atoms with E-state index in [1.807, 2.05) is 12.1 Å². The number of benzene rings is 2. The highest BCUT2D eigenvalue weighted by Gasteiger charge is 2.34. The van der Waals surface area contributed by atoms with E-state index in [-0.39, 0.29) is 0 Å². The molecule has 37 heavy (non-hydrogen) atoms. The minimum absolute atomic E-state index is 0.833. The fourth-order valence-electron chi connectivity index (χ4n) is 6.00. The number of fused-ring (bicyclic) bond motifs is 1. The Morgan fingerprint density at radius 3 is 1.84 bits per heavy atom. The molecule has 1 heterocycles. The topological polar surface area (TPSA) is 18.5 Å². The monoisotopic (exact) mass is 528 g/mol. The summed E-state index contributed by atoms with van der Waals surface area (Å²) in [7, 11) is 3.45. The number of rotatable bonds is 18. The summed E-state index contributed by atoms with van der Waals surface area (Å²) < 4.78 is 12.3. The van der Waals surface area contributed by atoms with Gasteiger partial charge in [0, 0.05) is 22.6 Å². The highest BCUT2D eigenvalue weighted by Crippen LogP contribution is 2.37. The summed E-state index contributed by atoms with van der Waals surface area (Å²) in [5.74, 6) is 1.67. The van der Waals surface area contributed by atoms with Crippen molar-refractivity contribution in [2.75, 3.05) is 27.3 Å². The standard InChI is InChI=1S/C33H51ClNO2/c1-4-5-6-7-8-9-10-11-12-13-14-15-18-22-35(26-29-19-16-17-20-31(29)34)23-21-28-24-32(36-2)33(37-3)25-30(28)27-35/h16-17,19-20,24-25H,4-15,18,21-23,26-27H2,1-3H3/q+1. The van der Waals surface area contributed by atoms with Gasteiger partial charge in [-0.2, -0.15) is 0 Å². The van der Waals surface area contributed by atoms with Gasteiger partial charge in [0.15, 0.2) is 11.5 Å². The largest absolute Gasteiger partial charge is 0.493 e. The predicted molar refractivity (Wildman–Crippen MR) is 158 cm³/mol. The Bertz CT molecular complexity index is 931. The summed E-state index contributed by atoms with van der Waals surface area (Å²) in [6, 6.07) is 12.8. The van der Waals surface area contributed by atoms with Gasteiger partial charge in [-0.3, -0.25) is 0 Å². The van der Waals surface area contributed by atoms with Gasteiger partial charge in [0.1, 0.15) is 13.1 Å². The minimum atomic E-state index is 0.833. The molecule has 0 fully saturated rings. The molecule has 0 bridgehead atoms. The van der Waals surface area contributed by atoms with Gasteiger partial charge in [-0.05, 0) is 36.6 Å². The van der Waals surface area contributed by atoms with Gasteiger partial charge in [-0.1, -0.05) is 107 Å². The zero-order chi connectivity index (χ0) is 26.3. The van der Waals surface area contributed by atoms with E-state index in [1.165, 1.54) is 107 Å². The first-order chi connectivity index (χ1) is 18.1. The molecule has 0 saturated carbocycles. The number of hydrogen-bond donors (Lipinski definition) is 0. The number of halogens is 1. The van der Waals surface area contributed by atoms with Crippen molar-refractivity contribution < 1.29 is 14.0 Å². The highest BCUT2D eigenvalue weighted by atomic mass is 35.5. The van der Waals surface area contributed by atoms with Gasteiger partial charge in [0.25, 0.3) is 0 Å². The summed E-state index contributed by atoms with van der Waals surface area (Å²) in [6.45, 7) is 6.66. The second kappa shape index (κ2) is 16.3. The lowest BCUT2D eigenvalue weighted by Gasteiger charge is -2.43. The van der Waals surface area contributed by atoms with Crippen LogP contribution in [0.15, 0.2) is 36.4 Å². The van der Waals surface area contributed by atoms with E-state index in [2.05, 4.69) is 31.2 Å². The second-order valence-corrected chi connectivity index (χ2v) is 11.6. The lowest BCUT2D eigenvalue weighted by molar-refractivity contribution is -0.955. The van der Waals surface area contributed by atoms with Crippen molar-refractivity contribution in [3.63, 3.8) is 0 Å². The number of unbranched alkanes of at least 4 members (excludes halogenated alkanes) is 12. The van der Waals surface area contributed by atoms with Crippen molar-refractivity contribution >= 4 is 11.6 Å². The quantitative estimate of drug-likeness (QED) is 0.142. The summed E-state index contributed by atoms with van der Waals surface area (Å²) in [5, 5.41) is 0.892. The lowest BCUT2D eigenvalue weighted by Crippen LogP contribution is -2.51. The van der Waals surface area contributed by atoms with Crippen LogP contribution < -0.4 is 9.47 Å². The Morgan fingerprint density at radius 1 is 0.730 bits per heavy atom. The second-order valence-electron chi connectivity index (χ2n) is 11.2. The van der Waals surface area contributed by atoms with Crippen LogP contribution in [0.1, 0.15) is 107 Å². The van der Waals surface area contributed by atoms with Gasteiger partial charge in [-0.15, -0.1) is 0 Å². The predicted octanol–water partition coefficient (Wildman–Crippen LogP) is 9.52. The van der Waals surface area contributed by atoms with E-state index in [1.54, 1.807) is 14.2 Å². The van der Waals surface area contributed by atoms with Crippen LogP contribution in [-0.4, -0.2) is 31.8 Å². The van der Waals surface area contributed by atoms with E-state index in [0.717, 1.165) is 47.1 Å². The Kier molecular flexibility index (Phi) is 13.1. The van der Waals surface area contributed by atoms with Crippen molar-refractivity contribution in [2.45, 2.75) is 110 Å². The van der Waals surface area contributed by atoms with Crippen LogP contribution in [0.5, 0.6) is 11.5 Å². The summed E-state index contributed by atoms with van der Waals surface area (Å²) in [4.78, 5) is 0. The van der Waals surface area contributed by atoms with Crippen LogP contribution in [0.3, 0.4) is 0 Å². The van der Waals surface area contributed by atoms with Crippen molar-refractivity contribution in [3.8, 4) is 11.5 Å². The van der Waals surface area contributed by atoms with Crippen molar-refractivity contribution in [3.05, 3.63) is 58.1 Å². The molecule has 1 unspecified atom stereocenters. The summed E-state index contributed by atoms with van der Waals surface area (Å²) >= 11 is 6.63. The van der Waals surface area contributed by atoms with E-state index in [4.69, 9.17) is 21.1 Å². The zero-order valence-electron chi connectivity index (χ0n) is 23.8. The molecule has 2 aromatic rings. The SMILES string of the molecule is CCCCCCCCCCCCCCC[N+]1(Cc2ccccc2Cl)CCc2cc(OC)c(OC)cc2C1. The molecule has 1 aliphatic heterocycles. The average Bonchev–Trinajstić information content (AvgIpc) is 2.92. The molecule has 3 rings (SSSR count). The fourth-order valence-corrected chi connectivity index (χ4v) is 6.19. The molecule has 3 nitrogen and oxygen atoms in total. The molecular formula is C33H51ClNO2+. The van der Waals surface area contributed by atoms with Crippen LogP contribution >= 0.6 is 11.6 Å². The van der Waals surface area contributed by atoms with Crippen LogP contribution in [-0.2, 0) is 19.5 Å². The van der Waals surface area contributed by atoms with Gasteiger partial charge in [0.05, 0.1) is 27.3 Å². The third-order valence-electron chi connectivity index (χ3n) is 8.27. The molecule has 0 amide bonds. The number of quaternary nitrogens is 1. The maximum Gasteiger partial charge on any atom is 0.161 e. The molecule has 206 valence electrons.